The number of benzene rings is 2. The SMILES string of the molecule is CCOC(=O)c1cnn(-c2nc(NC(c3ccc(OC)cc3)c3ccc(OC)cc3)c3ncn([C@@H]4C[C@H](NC(=O)CC)[C@@H](O)[C@H]4O)c3n2)c1. The fourth-order valence-corrected chi connectivity index (χ4v) is 5.93. The number of aliphatic hydroxyl groups is 2. The number of amides is 1. The first-order valence-corrected chi connectivity index (χ1v) is 15.9. The molecule has 256 valence electrons. The van der Waals surface area contributed by atoms with Crippen LogP contribution < -0.4 is 20.1 Å². The Morgan fingerprint density at radius 2 is 1.61 bits per heavy atom. The minimum Gasteiger partial charge on any atom is -0.497 e. The lowest BCUT2D eigenvalue weighted by Gasteiger charge is -2.22. The number of hydrogen-bond acceptors (Lipinski definition) is 12. The average molecular weight is 671 g/mol. The molecule has 15 nitrogen and oxygen atoms in total. The third-order valence-electron chi connectivity index (χ3n) is 8.56. The van der Waals surface area contributed by atoms with Gasteiger partial charge in [-0.3, -0.25) is 4.79 Å². The van der Waals surface area contributed by atoms with E-state index in [9.17, 15) is 19.8 Å². The first-order chi connectivity index (χ1) is 23.7. The molecule has 0 unspecified atom stereocenters. The quantitative estimate of drug-likeness (QED) is 0.142. The summed E-state index contributed by atoms with van der Waals surface area (Å²) in [6.07, 6.45) is 2.42. The van der Waals surface area contributed by atoms with E-state index in [2.05, 4.69) is 20.7 Å². The lowest BCUT2D eigenvalue weighted by molar-refractivity contribution is -0.122. The molecule has 2 aromatic carbocycles. The fourth-order valence-electron chi connectivity index (χ4n) is 5.93. The van der Waals surface area contributed by atoms with Crippen LogP contribution in [-0.4, -0.2) is 90.5 Å². The van der Waals surface area contributed by atoms with Crippen molar-refractivity contribution in [2.75, 3.05) is 26.1 Å². The van der Waals surface area contributed by atoms with Gasteiger partial charge in [-0.1, -0.05) is 31.2 Å². The second-order valence-electron chi connectivity index (χ2n) is 11.5. The summed E-state index contributed by atoms with van der Waals surface area (Å²) in [5, 5.41) is 32.7. The second-order valence-corrected chi connectivity index (χ2v) is 11.5. The molecular weight excluding hydrogens is 632 g/mol. The van der Waals surface area contributed by atoms with Crippen molar-refractivity contribution in [3.8, 4) is 17.4 Å². The summed E-state index contributed by atoms with van der Waals surface area (Å²) in [5.41, 5.74) is 2.73. The summed E-state index contributed by atoms with van der Waals surface area (Å²) < 4.78 is 18.9. The van der Waals surface area contributed by atoms with E-state index in [1.165, 1.54) is 23.4 Å². The lowest BCUT2D eigenvalue weighted by Crippen LogP contribution is -2.42. The Balaban J connectivity index is 1.47. The highest BCUT2D eigenvalue weighted by molar-refractivity contribution is 5.89. The molecule has 0 aliphatic heterocycles. The Hall–Kier alpha value is -5.54. The molecule has 4 N–H and O–H groups in total. The van der Waals surface area contributed by atoms with Gasteiger partial charge in [-0.25, -0.2) is 14.5 Å². The van der Waals surface area contributed by atoms with Gasteiger partial charge in [0.05, 0.1) is 57.0 Å². The smallest absolute Gasteiger partial charge is 0.341 e. The Morgan fingerprint density at radius 3 is 2.20 bits per heavy atom. The first-order valence-electron chi connectivity index (χ1n) is 15.9. The number of aliphatic hydroxyl groups excluding tert-OH is 2. The molecule has 3 heterocycles. The molecule has 0 bridgehead atoms. The monoisotopic (exact) mass is 670 g/mol. The Labute approximate surface area is 281 Å². The number of carbonyl (C=O) groups excluding carboxylic acids is 2. The highest BCUT2D eigenvalue weighted by atomic mass is 16.5. The number of methoxy groups -OCH3 is 2. The summed E-state index contributed by atoms with van der Waals surface area (Å²) in [6.45, 7) is 3.63. The van der Waals surface area contributed by atoms with Crippen LogP contribution in [0, 0.1) is 0 Å². The van der Waals surface area contributed by atoms with Crippen LogP contribution in [0.3, 0.4) is 0 Å². The predicted molar refractivity (Wildman–Crippen MR) is 178 cm³/mol. The molecular formula is C34H38N8O7. The maximum absolute atomic E-state index is 12.5. The zero-order chi connectivity index (χ0) is 34.7. The number of carbonyl (C=O) groups is 2. The molecule has 0 spiro atoms. The molecule has 15 heteroatoms. The third kappa shape index (κ3) is 6.75. The average Bonchev–Trinajstić information content (AvgIpc) is 3.86. The Kier molecular flexibility index (Phi) is 9.73. The van der Waals surface area contributed by atoms with Crippen LogP contribution >= 0.6 is 0 Å². The molecule has 0 saturated heterocycles. The summed E-state index contributed by atoms with van der Waals surface area (Å²) in [6, 6.07) is 13.5. The zero-order valence-corrected chi connectivity index (χ0v) is 27.5. The van der Waals surface area contributed by atoms with Crippen LogP contribution in [0.25, 0.3) is 17.1 Å². The van der Waals surface area contributed by atoms with E-state index >= 15 is 0 Å². The number of nitrogens with zero attached hydrogens (tertiary/aromatic N) is 6. The number of anilines is 1. The predicted octanol–water partition coefficient (Wildman–Crippen LogP) is 2.97. The molecule has 6 rings (SSSR count). The van der Waals surface area contributed by atoms with Gasteiger partial charge in [0, 0.05) is 12.6 Å². The molecule has 4 atom stereocenters. The zero-order valence-electron chi connectivity index (χ0n) is 27.5. The van der Waals surface area contributed by atoms with Gasteiger partial charge in [0.1, 0.15) is 23.7 Å². The van der Waals surface area contributed by atoms with Crippen LogP contribution in [0.1, 0.15) is 60.3 Å². The summed E-state index contributed by atoms with van der Waals surface area (Å²) >= 11 is 0. The lowest BCUT2D eigenvalue weighted by atomic mass is 9.98. The Bertz CT molecular complexity index is 1880. The topological polar surface area (TPSA) is 188 Å². The van der Waals surface area contributed by atoms with Crippen molar-refractivity contribution < 1.29 is 34.0 Å². The molecule has 1 amide bonds. The van der Waals surface area contributed by atoms with E-state index in [1.807, 2.05) is 48.5 Å². The van der Waals surface area contributed by atoms with Crippen molar-refractivity contribution in [2.45, 2.75) is 57.0 Å². The van der Waals surface area contributed by atoms with Crippen molar-refractivity contribution in [1.82, 2.24) is 34.6 Å². The molecule has 3 aromatic heterocycles. The number of aromatic nitrogens is 6. The van der Waals surface area contributed by atoms with Crippen LogP contribution in [0.5, 0.6) is 11.5 Å². The third-order valence-corrected chi connectivity index (χ3v) is 8.56. The van der Waals surface area contributed by atoms with Gasteiger partial charge in [0.2, 0.25) is 5.91 Å². The molecule has 49 heavy (non-hydrogen) atoms. The number of esters is 1. The van der Waals surface area contributed by atoms with E-state index in [4.69, 9.17) is 24.2 Å². The Morgan fingerprint density at radius 1 is 0.959 bits per heavy atom. The van der Waals surface area contributed by atoms with Crippen LogP contribution in [0.2, 0.25) is 0 Å². The summed E-state index contributed by atoms with van der Waals surface area (Å²) in [7, 11) is 3.21. The minimum absolute atomic E-state index is 0.111. The normalized spacial score (nSPS) is 18.8. The van der Waals surface area contributed by atoms with Gasteiger partial charge in [0.25, 0.3) is 5.95 Å². The number of fused-ring (bicyclic) bond motifs is 1. The highest BCUT2D eigenvalue weighted by Crippen LogP contribution is 2.36. The molecule has 1 aliphatic carbocycles. The van der Waals surface area contributed by atoms with Crippen molar-refractivity contribution in [3.63, 3.8) is 0 Å². The largest absolute Gasteiger partial charge is 0.497 e. The maximum Gasteiger partial charge on any atom is 0.341 e. The van der Waals surface area contributed by atoms with Crippen LogP contribution in [0.15, 0.2) is 67.3 Å². The molecule has 1 aliphatic rings. The van der Waals surface area contributed by atoms with Gasteiger partial charge in [-0.15, -0.1) is 0 Å². The van der Waals surface area contributed by atoms with Crippen LogP contribution in [-0.2, 0) is 9.53 Å². The van der Waals surface area contributed by atoms with E-state index in [1.54, 1.807) is 32.6 Å². The van der Waals surface area contributed by atoms with Gasteiger partial charge >= 0.3 is 5.97 Å². The molecule has 1 saturated carbocycles. The van der Waals surface area contributed by atoms with Crippen molar-refractivity contribution in [1.29, 1.82) is 0 Å². The minimum atomic E-state index is -1.22. The fraction of sp³-hybridized carbons (Fsp3) is 0.353. The van der Waals surface area contributed by atoms with Gasteiger partial charge < -0.3 is 39.6 Å². The van der Waals surface area contributed by atoms with E-state index in [0.717, 1.165) is 11.1 Å². The second kappa shape index (κ2) is 14.3. The number of ether oxygens (including phenoxy) is 3. The highest BCUT2D eigenvalue weighted by Gasteiger charge is 2.44. The van der Waals surface area contributed by atoms with Crippen molar-refractivity contribution in [2.24, 2.45) is 0 Å². The van der Waals surface area contributed by atoms with Gasteiger partial charge in [-0.2, -0.15) is 15.1 Å². The van der Waals surface area contributed by atoms with Crippen molar-refractivity contribution >= 4 is 28.9 Å². The number of rotatable bonds is 12. The molecule has 5 aromatic rings. The molecule has 1 fully saturated rings. The maximum atomic E-state index is 12.5. The number of imidazole rings is 1. The van der Waals surface area contributed by atoms with Gasteiger partial charge in [-0.05, 0) is 48.7 Å². The van der Waals surface area contributed by atoms with Crippen molar-refractivity contribution in [3.05, 3.63) is 83.9 Å². The number of nitrogens with one attached hydrogen (secondary N) is 2. The first kappa shape index (κ1) is 33.4. The van der Waals surface area contributed by atoms with Gasteiger partial charge in [0.15, 0.2) is 17.0 Å². The standard InChI is InChI=1S/C34H38N8O7/c1-5-26(43)37-24-15-25(30(45)29(24)44)41-18-35-28-31(39-34(40-32(28)41)42-17-21(16-36-42)33(46)49-6-2)38-27(19-7-11-22(47-3)12-8-19)20-9-13-23(48-4)14-10-20/h7-14,16-18,24-25,27,29-30,44-45H,5-6,15H2,1-4H3,(H,37,43)(H,38,39,40)/t24-,25+,29+,30-/m0/s1. The van der Waals surface area contributed by atoms with E-state index < -0.39 is 36.3 Å². The summed E-state index contributed by atoms with van der Waals surface area (Å²) in [5.74, 6) is 1.07. The van der Waals surface area contributed by atoms with E-state index in [0.29, 0.717) is 28.5 Å². The summed E-state index contributed by atoms with van der Waals surface area (Å²) in [4.78, 5) is 38.9. The number of hydrogen-bond donors (Lipinski definition) is 4. The van der Waals surface area contributed by atoms with Crippen LogP contribution in [0.4, 0.5) is 5.82 Å². The van der Waals surface area contributed by atoms with E-state index in [-0.39, 0.29) is 36.9 Å². The molecule has 0 radical (unpaired) electrons.